The fourth-order valence-corrected chi connectivity index (χ4v) is 3.78. The Kier molecular flexibility index (Phi) is 3.57. The molecule has 0 aliphatic carbocycles. The van der Waals surface area contributed by atoms with Crippen molar-refractivity contribution in [3.05, 3.63) is 46.5 Å². The largest absolute Gasteiger partial charge is 0.341 e. The number of aromatic nitrogens is 4. The number of anilines is 1. The predicted molar refractivity (Wildman–Crippen MR) is 93.8 cm³/mol. The van der Waals surface area contributed by atoms with E-state index < -0.39 is 0 Å². The zero-order chi connectivity index (χ0) is 15.8. The molecule has 1 fully saturated rings. The number of rotatable bonds is 2. The number of benzene rings is 1. The van der Waals surface area contributed by atoms with Gasteiger partial charge in [0.2, 0.25) is 5.95 Å². The maximum absolute atomic E-state index is 12.4. The molecule has 0 amide bonds. The molecular formula is C16H17N5OS. The average molecular weight is 327 g/mol. The molecule has 0 spiro atoms. The van der Waals surface area contributed by atoms with Gasteiger partial charge < -0.3 is 4.90 Å². The second-order valence-corrected chi connectivity index (χ2v) is 6.72. The summed E-state index contributed by atoms with van der Waals surface area (Å²) in [6.07, 6.45) is 0. The Balaban J connectivity index is 1.92. The van der Waals surface area contributed by atoms with Crippen molar-refractivity contribution in [1.29, 1.82) is 0 Å². The van der Waals surface area contributed by atoms with E-state index in [0.717, 1.165) is 36.1 Å². The zero-order valence-corrected chi connectivity index (χ0v) is 13.6. The first-order chi connectivity index (χ1) is 11.2. The maximum atomic E-state index is 12.4. The Morgan fingerprint density at radius 2 is 1.87 bits per heavy atom. The van der Waals surface area contributed by atoms with E-state index >= 15 is 0 Å². The van der Waals surface area contributed by atoms with Crippen LogP contribution in [0.2, 0.25) is 0 Å². The number of nitrogens with one attached hydrogen (secondary N) is 1. The van der Waals surface area contributed by atoms with Crippen LogP contribution in [0.4, 0.5) is 5.95 Å². The average Bonchev–Trinajstić information content (AvgIpc) is 2.93. The SMILES string of the molecule is Cc1nc2c(=O)[nH]c(N3CCSCC3)nc2n1-c1ccccc1. The van der Waals surface area contributed by atoms with Crippen LogP contribution in [0.3, 0.4) is 0 Å². The highest BCUT2D eigenvalue weighted by Gasteiger charge is 2.19. The molecular weight excluding hydrogens is 310 g/mol. The van der Waals surface area contributed by atoms with E-state index in [1.54, 1.807) is 0 Å². The lowest BCUT2D eigenvalue weighted by molar-refractivity contribution is 0.814. The van der Waals surface area contributed by atoms with E-state index in [1.807, 2.05) is 53.6 Å². The number of nitrogens with zero attached hydrogens (tertiary/aromatic N) is 4. The number of imidazole rings is 1. The molecule has 1 aliphatic rings. The van der Waals surface area contributed by atoms with E-state index in [4.69, 9.17) is 4.98 Å². The van der Waals surface area contributed by atoms with Crippen molar-refractivity contribution in [2.45, 2.75) is 6.92 Å². The third-order valence-corrected chi connectivity index (χ3v) is 4.94. The van der Waals surface area contributed by atoms with Crippen molar-refractivity contribution in [2.75, 3.05) is 29.5 Å². The van der Waals surface area contributed by atoms with Gasteiger partial charge in [0.15, 0.2) is 11.2 Å². The highest BCUT2D eigenvalue weighted by Crippen LogP contribution is 2.20. The molecule has 0 unspecified atom stereocenters. The van der Waals surface area contributed by atoms with Gasteiger partial charge in [-0.15, -0.1) is 0 Å². The number of para-hydroxylation sites is 1. The van der Waals surface area contributed by atoms with Gasteiger partial charge in [-0.2, -0.15) is 16.7 Å². The van der Waals surface area contributed by atoms with Crippen molar-refractivity contribution in [3.63, 3.8) is 0 Å². The number of thioether (sulfide) groups is 1. The number of fused-ring (bicyclic) bond motifs is 1. The van der Waals surface area contributed by atoms with Gasteiger partial charge in [-0.25, -0.2) is 4.98 Å². The number of H-pyrrole nitrogens is 1. The molecule has 0 bridgehead atoms. The minimum atomic E-state index is -0.180. The molecule has 4 rings (SSSR count). The summed E-state index contributed by atoms with van der Waals surface area (Å²) in [6.45, 7) is 3.69. The summed E-state index contributed by atoms with van der Waals surface area (Å²) in [5, 5.41) is 0. The van der Waals surface area contributed by atoms with Gasteiger partial charge in [-0.05, 0) is 19.1 Å². The summed E-state index contributed by atoms with van der Waals surface area (Å²) >= 11 is 1.93. The molecule has 3 aromatic rings. The quantitative estimate of drug-likeness (QED) is 0.779. The number of hydrogen-bond acceptors (Lipinski definition) is 5. The molecule has 1 aromatic carbocycles. The number of hydrogen-bond donors (Lipinski definition) is 1. The second kappa shape index (κ2) is 5.73. The van der Waals surface area contributed by atoms with Gasteiger partial charge in [0.1, 0.15) is 5.82 Å². The molecule has 0 saturated carbocycles. The van der Waals surface area contributed by atoms with Crippen molar-refractivity contribution in [1.82, 2.24) is 19.5 Å². The molecule has 1 saturated heterocycles. The van der Waals surface area contributed by atoms with Crippen LogP contribution in [-0.2, 0) is 0 Å². The van der Waals surface area contributed by atoms with E-state index in [1.165, 1.54) is 0 Å². The smallest absolute Gasteiger partial charge is 0.280 e. The molecule has 1 N–H and O–H groups in total. The number of aryl methyl sites for hydroxylation is 1. The van der Waals surface area contributed by atoms with Gasteiger partial charge in [-0.1, -0.05) is 18.2 Å². The van der Waals surface area contributed by atoms with Crippen LogP contribution in [0, 0.1) is 6.92 Å². The van der Waals surface area contributed by atoms with Gasteiger partial charge in [0, 0.05) is 30.3 Å². The van der Waals surface area contributed by atoms with E-state index in [9.17, 15) is 4.79 Å². The van der Waals surface area contributed by atoms with Crippen LogP contribution < -0.4 is 10.5 Å². The lowest BCUT2D eigenvalue weighted by atomic mass is 10.3. The third-order valence-electron chi connectivity index (χ3n) is 4.00. The van der Waals surface area contributed by atoms with Gasteiger partial charge >= 0.3 is 0 Å². The Hall–Kier alpha value is -2.28. The first-order valence-corrected chi connectivity index (χ1v) is 8.77. The van der Waals surface area contributed by atoms with Crippen molar-refractivity contribution in [3.8, 4) is 5.69 Å². The zero-order valence-electron chi connectivity index (χ0n) is 12.8. The molecule has 23 heavy (non-hydrogen) atoms. The highest BCUT2D eigenvalue weighted by atomic mass is 32.2. The topological polar surface area (TPSA) is 66.8 Å². The first kappa shape index (κ1) is 14.3. The Morgan fingerprint density at radius 3 is 2.61 bits per heavy atom. The van der Waals surface area contributed by atoms with Crippen molar-refractivity contribution >= 4 is 28.9 Å². The Morgan fingerprint density at radius 1 is 1.13 bits per heavy atom. The Labute approximate surface area is 137 Å². The van der Waals surface area contributed by atoms with Crippen molar-refractivity contribution in [2.24, 2.45) is 0 Å². The molecule has 6 nitrogen and oxygen atoms in total. The van der Waals surface area contributed by atoms with E-state index in [2.05, 4.69) is 14.9 Å². The van der Waals surface area contributed by atoms with Gasteiger partial charge in [0.05, 0.1) is 0 Å². The van der Waals surface area contributed by atoms with Crippen LogP contribution >= 0.6 is 11.8 Å². The standard InChI is InChI=1S/C16H17N5OS/c1-11-17-13-14(21(11)12-5-3-2-4-6-12)18-16(19-15(13)22)20-7-9-23-10-8-20/h2-6H,7-10H2,1H3,(H,18,19,22). The normalized spacial score (nSPS) is 15.3. The van der Waals surface area contributed by atoms with Crippen LogP contribution in [0.25, 0.3) is 16.9 Å². The fraction of sp³-hybridized carbons (Fsp3) is 0.312. The summed E-state index contributed by atoms with van der Waals surface area (Å²) in [7, 11) is 0. The number of aromatic amines is 1. The summed E-state index contributed by atoms with van der Waals surface area (Å²) in [5.74, 6) is 3.51. The van der Waals surface area contributed by atoms with Gasteiger partial charge in [-0.3, -0.25) is 14.3 Å². The first-order valence-electron chi connectivity index (χ1n) is 7.61. The minimum absolute atomic E-state index is 0.180. The summed E-state index contributed by atoms with van der Waals surface area (Å²) < 4.78 is 1.94. The minimum Gasteiger partial charge on any atom is -0.341 e. The fourth-order valence-electron chi connectivity index (χ4n) is 2.88. The lowest BCUT2D eigenvalue weighted by Gasteiger charge is -2.26. The molecule has 1 aliphatic heterocycles. The molecule has 2 aromatic heterocycles. The van der Waals surface area contributed by atoms with Crippen LogP contribution in [0.1, 0.15) is 5.82 Å². The lowest BCUT2D eigenvalue weighted by Crippen LogP contribution is -2.35. The summed E-state index contributed by atoms with van der Waals surface area (Å²) in [6, 6.07) is 9.89. The molecule has 0 radical (unpaired) electrons. The molecule has 118 valence electrons. The highest BCUT2D eigenvalue weighted by molar-refractivity contribution is 7.99. The second-order valence-electron chi connectivity index (χ2n) is 5.49. The van der Waals surface area contributed by atoms with Crippen LogP contribution in [0.15, 0.2) is 35.1 Å². The van der Waals surface area contributed by atoms with E-state index in [-0.39, 0.29) is 5.56 Å². The Bertz CT molecular complexity index is 896. The molecule has 0 atom stereocenters. The molecule has 7 heteroatoms. The van der Waals surface area contributed by atoms with Crippen LogP contribution in [-0.4, -0.2) is 44.1 Å². The molecule has 3 heterocycles. The summed E-state index contributed by atoms with van der Waals surface area (Å²) in [4.78, 5) is 26.6. The van der Waals surface area contributed by atoms with Crippen LogP contribution in [0.5, 0.6) is 0 Å². The van der Waals surface area contributed by atoms with E-state index in [0.29, 0.717) is 17.1 Å². The monoisotopic (exact) mass is 327 g/mol. The summed E-state index contributed by atoms with van der Waals surface area (Å²) in [5.41, 5.74) is 1.79. The van der Waals surface area contributed by atoms with Gasteiger partial charge in [0.25, 0.3) is 5.56 Å². The maximum Gasteiger partial charge on any atom is 0.280 e. The predicted octanol–water partition coefficient (Wildman–Crippen LogP) is 1.97. The van der Waals surface area contributed by atoms with Crippen molar-refractivity contribution < 1.29 is 0 Å². The third kappa shape index (κ3) is 2.50.